The van der Waals surface area contributed by atoms with Crippen LogP contribution in [0, 0.1) is 5.92 Å². The average Bonchev–Trinajstić information content (AvgIpc) is 2.71. The molecule has 0 radical (unpaired) electrons. The van der Waals surface area contributed by atoms with Crippen molar-refractivity contribution in [3.8, 4) is 0 Å². The molecule has 0 saturated heterocycles. The molecular formula is C28H62N4O. The molecule has 0 heterocycles. The molecule has 0 saturated carbocycles. The van der Waals surface area contributed by atoms with E-state index in [2.05, 4.69) is 84.3 Å². The van der Waals surface area contributed by atoms with Crippen molar-refractivity contribution >= 4 is 0 Å². The van der Waals surface area contributed by atoms with Crippen LogP contribution in [-0.4, -0.2) is 54.5 Å². The molecule has 0 aromatic heterocycles. The SMILES string of the molecule is CC(C)CCCCNC(C)(C)CCO.CCC(C)(C)NCCCCC(C)(C)NC/C=C\CN. The smallest absolute Gasteiger partial charge is 0.0448 e. The molecule has 0 aromatic carbocycles. The highest BCUT2D eigenvalue weighted by atomic mass is 16.3. The molecule has 0 amide bonds. The molecule has 5 nitrogen and oxygen atoms in total. The topological polar surface area (TPSA) is 82.3 Å². The lowest BCUT2D eigenvalue weighted by Gasteiger charge is -2.27. The highest BCUT2D eigenvalue weighted by Gasteiger charge is 2.17. The van der Waals surface area contributed by atoms with Gasteiger partial charge in [-0.15, -0.1) is 0 Å². The van der Waals surface area contributed by atoms with Crippen molar-refractivity contribution in [3.63, 3.8) is 0 Å². The van der Waals surface area contributed by atoms with Crippen LogP contribution in [0.4, 0.5) is 0 Å². The number of nitrogens with one attached hydrogen (secondary N) is 3. The van der Waals surface area contributed by atoms with Gasteiger partial charge in [0, 0.05) is 36.3 Å². The molecular weight excluding hydrogens is 408 g/mol. The maximum Gasteiger partial charge on any atom is 0.0448 e. The van der Waals surface area contributed by atoms with Crippen molar-refractivity contribution in [2.24, 2.45) is 11.7 Å². The van der Waals surface area contributed by atoms with E-state index in [1.54, 1.807) is 0 Å². The van der Waals surface area contributed by atoms with Gasteiger partial charge in [-0.25, -0.2) is 0 Å². The zero-order valence-electron chi connectivity index (χ0n) is 23.9. The normalized spacial score (nSPS) is 13.0. The van der Waals surface area contributed by atoms with Gasteiger partial charge < -0.3 is 26.8 Å². The van der Waals surface area contributed by atoms with E-state index in [0.717, 1.165) is 32.0 Å². The monoisotopic (exact) mass is 470 g/mol. The minimum Gasteiger partial charge on any atom is -0.396 e. The van der Waals surface area contributed by atoms with Crippen LogP contribution in [0.15, 0.2) is 12.2 Å². The van der Waals surface area contributed by atoms with E-state index in [0.29, 0.717) is 6.54 Å². The fourth-order valence-electron chi connectivity index (χ4n) is 3.32. The maximum absolute atomic E-state index is 8.84. The lowest BCUT2D eigenvalue weighted by Crippen LogP contribution is -2.40. The van der Waals surface area contributed by atoms with Crippen LogP contribution < -0.4 is 21.7 Å². The Hall–Kier alpha value is -0.460. The minimum atomic E-state index is 0.0899. The molecule has 33 heavy (non-hydrogen) atoms. The Bertz CT molecular complexity index is 459. The van der Waals surface area contributed by atoms with Gasteiger partial charge in [0.05, 0.1) is 0 Å². The molecule has 0 aliphatic rings. The third kappa shape index (κ3) is 26.0. The molecule has 0 aromatic rings. The van der Waals surface area contributed by atoms with Gasteiger partial charge in [0.15, 0.2) is 0 Å². The second-order valence-electron chi connectivity index (χ2n) is 11.8. The summed E-state index contributed by atoms with van der Waals surface area (Å²) < 4.78 is 0. The molecule has 0 fully saturated rings. The first-order valence-corrected chi connectivity index (χ1v) is 13.5. The van der Waals surface area contributed by atoms with E-state index >= 15 is 0 Å². The Labute approximate surface area is 208 Å². The molecule has 0 spiro atoms. The second kappa shape index (κ2) is 19.8. The number of nitrogens with two attached hydrogens (primary N) is 1. The summed E-state index contributed by atoms with van der Waals surface area (Å²) in [4.78, 5) is 0. The first-order valence-electron chi connectivity index (χ1n) is 13.5. The van der Waals surface area contributed by atoms with Gasteiger partial charge in [-0.3, -0.25) is 0 Å². The Balaban J connectivity index is 0. The Kier molecular flexibility index (Phi) is 20.8. The van der Waals surface area contributed by atoms with Crippen LogP contribution in [0.5, 0.6) is 0 Å². The third-order valence-electron chi connectivity index (χ3n) is 6.27. The van der Waals surface area contributed by atoms with E-state index in [9.17, 15) is 0 Å². The van der Waals surface area contributed by atoms with Crippen molar-refractivity contribution in [2.45, 2.75) is 130 Å². The number of aliphatic hydroxyl groups excluding tert-OH is 1. The van der Waals surface area contributed by atoms with Crippen LogP contribution in [0.3, 0.4) is 0 Å². The summed E-state index contributed by atoms with van der Waals surface area (Å²) in [6.45, 7) is 24.1. The van der Waals surface area contributed by atoms with Gasteiger partial charge in [-0.05, 0) is 92.7 Å². The van der Waals surface area contributed by atoms with Crippen molar-refractivity contribution in [1.82, 2.24) is 16.0 Å². The third-order valence-corrected chi connectivity index (χ3v) is 6.27. The summed E-state index contributed by atoms with van der Waals surface area (Å²) >= 11 is 0. The molecule has 0 rings (SSSR count). The standard InChI is InChI=1S/C16H35N3.C12H27NO/c1-6-15(2,3)18-13-9-7-11-16(4,5)19-14-10-8-12-17;1-11(2)7-5-6-9-13-12(3,4)8-10-14/h8,10,18-19H,6-7,9,11-14,17H2,1-5H3;11,13-14H,5-10H2,1-4H3/b10-8-;. The fourth-order valence-corrected chi connectivity index (χ4v) is 3.32. The van der Waals surface area contributed by atoms with Crippen LogP contribution >= 0.6 is 0 Å². The van der Waals surface area contributed by atoms with Gasteiger partial charge in [0.1, 0.15) is 0 Å². The summed E-state index contributed by atoms with van der Waals surface area (Å²) in [5.74, 6) is 0.820. The predicted molar refractivity (Wildman–Crippen MR) is 149 cm³/mol. The highest BCUT2D eigenvalue weighted by molar-refractivity contribution is 4.88. The number of unbranched alkanes of at least 4 members (excludes halogenated alkanes) is 2. The van der Waals surface area contributed by atoms with Crippen molar-refractivity contribution in [2.75, 3.05) is 32.8 Å². The number of hydrogen-bond acceptors (Lipinski definition) is 5. The van der Waals surface area contributed by atoms with Gasteiger partial charge in [0.25, 0.3) is 0 Å². The summed E-state index contributed by atoms with van der Waals surface area (Å²) in [5, 5.41) is 19.5. The van der Waals surface area contributed by atoms with E-state index in [-0.39, 0.29) is 23.2 Å². The molecule has 5 heteroatoms. The van der Waals surface area contributed by atoms with E-state index in [1.165, 1.54) is 44.9 Å². The van der Waals surface area contributed by atoms with Crippen LogP contribution in [-0.2, 0) is 0 Å². The van der Waals surface area contributed by atoms with Crippen LogP contribution in [0.2, 0.25) is 0 Å². The Morgan fingerprint density at radius 3 is 1.82 bits per heavy atom. The summed E-state index contributed by atoms with van der Waals surface area (Å²) in [7, 11) is 0. The number of aliphatic hydroxyl groups is 1. The molecule has 0 aliphatic heterocycles. The van der Waals surface area contributed by atoms with Crippen molar-refractivity contribution in [3.05, 3.63) is 12.2 Å². The predicted octanol–water partition coefficient (Wildman–Crippen LogP) is 5.38. The van der Waals surface area contributed by atoms with Gasteiger partial charge in [0.2, 0.25) is 0 Å². The van der Waals surface area contributed by atoms with E-state index in [4.69, 9.17) is 10.8 Å². The number of rotatable bonds is 19. The first-order chi connectivity index (χ1) is 15.3. The van der Waals surface area contributed by atoms with Crippen molar-refractivity contribution < 1.29 is 5.11 Å². The molecule has 0 atom stereocenters. The minimum absolute atomic E-state index is 0.0899. The van der Waals surface area contributed by atoms with Gasteiger partial charge in [-0.1, -0.05) is 52.2 Å². The lowest BCUT2D eigenvalue weighted by atomic mass is 9.96. The average molecular weight is 471 g/mol. The molecule has 0 bridgehead atoms. The van der Waals surface area contributed by atoms with Crippen LogP contribution in [0.1, 0.15) is 114 Å². The lowest BCUT2D eigenvalue weighted by molar-refractivity contribution is 0.230. The first kappa shape index (κ1) is 34.7. The second-order valence-corrected chi connectivity index (χ2v) is 11.8. The summed E-state index contributed by atoms with van der Waals surface area (Å²) in [6, 6.07) is 0. The Morgan fingerprint density at radius 2 is 1.30 bits per heavy atom. The van der Waals surface area contributed by atoms with Crippen LogP contribution in [0.25, 0.3) is 0 Å². The zero-order chi connectivity index (χ0) is 25.8. The maximum atomic E-state index is 8.84. The zero-order valence-corrected chi connectivity index (χ0v) is 23.9. The van der Waals surface area contributed by atoms with E-state index in [1.807, 2.05) is 6.08 Å². The largest absolute Gasteiger partial charge is 0.396 e. The molecule has 6 N–H and O–H groups in total. The number of hydrogen-bond donors (Lipinski definition) is 5. The molecule has 200 valence electrons. The van der Waals surface area contributed by atoms with Gasteiger partial charge in [-0.2, -0.15) is 0 Å². The van der Waals surface area contributed by atoms with Crippen molar-refractivity contribution in [1.29, 1.82) is 0 Å². The quantitative estimate of drug-likeness (QED) is 0.129. The molecule has 0 aliphatic carbocycles. The summed E-state index contributed by atoms with van der Waals surface area (Å²) in [6.07, 6.45) is 13.7. The highest BCUT2D eigenvalue weighted by Crippen LogP contribution is 2.13. The van der Waals surface area contributed by atoms with Gasteiger partial charge >= 0.3 is 0 Å². The van der Waals surface area contributed by atoms with E-state index < -0.39 is 0 Å². The molecule has 0 unspecified atom stereocenters. The summed E-state index contributed by atoms with van der Waals surface area (Å²) in [5.41, 5.74) is 5.99. The Morgan fingerprint density at radius 1 is 0.758 bits per heavy atom. The fraction of sp³-hybridized carbons (Fsp3) is 0.929.